The first-order chi connectivity index (χ1) is 11.2. The van der Waals surface area contributed by atoms with Gasteiger partial charge in [0.1, 0.15) is 0 Å². The molecule has 1 atom stereocenters. The minimum atomic E-state index is -0.105. The van der Waals surface area contributed by atoms with Crippen molar-refractivity contribution in [2.45, 2.75) is 31.8 Å². The fourth-order valence-electron chi connectivity index (χ4n) is 3.64. The Hall–Kier alpha value is -1.40. The van der Waals surface area contributed by atoms with Crippen molar-refractivity contribution in [3.63, 3.8) is 0 Å². The SMILES string of the molecule is O=C(C1CC(=O)N(C2CC2)C1)N1CCN(Cc2cccs2)CC1. The molecular weight excluding hydrogens is 310 g/mol. The average Bonchev–Trinajstić information content (AvgIpc) is 3.13. The van der Waals surface area contributed by atoms with Gasteiger partial charge in [-0.2, -0.15) is 0 Å². The molecule has 3 aliphatic rings. The van der Waals surface area contributed by atoms with E-state index in [9.17, 15) is 9.59 Å². The Morgan fingerprint density at radius 2 is 2.00 bits per heavy atom. The van der Waals surface area contributed by atoms with Crippen LogP contribution in [0, 0.1) is 5.92 Å². The maximum atomic E-state index is 12.7. The van der Waals surface area contributed by atoms with E-state index in [0.29, 0.717) is 19.0 Å². The number of likely N-dealkylation sites (tertiary alicyclic amines) is 1. The number of carbonyl (C=O) groups is 2. The van der Waals surface area contributed by atoms with Gasteiger partial charge in [0.25, 0.3) is 0 Å². The van der Waals surface area contributed by atoms with Gasteiger partial charge in [0.05, 0.1) is 5.92 Å². The Kier molecular flexibility index (Phi) is 4.11. The first kappa shape index (κ1) is 15.1. The molecule has 5 nitrogen and oxygen atoms in total. The number of hydrogen-bond acceptors (Lipinski definition) is 4. The molecule has 2 saturated heterocycles. The molecule has 0 spiro atoms. The largest absolute Gasteiger partial charge is 0.340 e. The predicted molar refractivity (Wildman–Crippen MR) is 89.0 cm³/mol. The molecule has 0 aromatic carbocycles. The highest BCUT2D eigenvalue weighted by Crippen LogP contribution is 2.33. The summed E-state index contributed by atoms with van der Waals surface area (Å²) in [6, 6.07) is 4.68. The van der Waals surface area contributed by atoms with Crippen molar-refractivity contribution in [1.82, 2.24) is 14.7 Å². The smallest absolute Gasteiger partial charge is 0.228 e. The molecular formula is C17H23N3O2S. The van der Waals surface area contributed by atoms with Crippen molar-refractivity contribution in [3.05, 3.63) is 22.4 Å². The van der Waals surface area contributed by atoms with Crippen LogP contribution in [-0.2, 0) is 16.1 Å². The summed E-state index contributed by atoms with van der Waals surface area (Å²) >= 11 is 1.79. The fourth-order valence-corrected chi connectivity index (χ4v) is 4.39. The molecule has 6 heteroatoms. The summed E-state index contributed by atoms with van der Waals surface area (Å²) in [4.78, 5) is 32.4. The summed E-state index contributed by atoms with van der Waals surface area (Å²) in [7, 11) is 0. The first-order valence-electron chi connectivity index (χ1n) is 8.53. The second kappa shape index (κ2) is 6.24. The van der Waals surface area contributed by atoms with Gasteiger partial charge in [-0.3, -0.25) is 14.5 Å². The van der Waals surface area contributed by atoms with Gasteiger partial charge in [-0.1, -0.05) is 6.07 Å². The van der Waals surface area contributed by atoms with Crippen molar-refractivity contribution in [3.8, 4) is 0 Å². The minimum Gasteiger partial charge on any atom is -0.340 e. The van der Waals surface area contributed by atoms with Gasteiger partial charge in [0, 0.05) is 56.6 Å². The van der Waals surface area contributed by atoms with Gasteiger partial charge in [0.2, 0.25) is 11.8 Å². The first-order valence-corrected chi connectivity index (χ1v) is 9.41. The summed E-state index contributed by atoms with van der Waals surface area (Å²) in [5.41, 5.74) is 0. The van der Waals surface area contributed by atoms with Gasteiger partial charge in [-0.05, 0) is 24.3 Å². The van der Waals surface area contributed by atoms with Crippen molar-refractivity contribution in [2.75, 3.05) is 32.7 Å². The Morgan fingerprint density at radius 1 is 1.22 bits per heavy atom. The monoisotopic (exact) mass is 333 g/mol. The number of rotatable bonds is 4. The van der Waals surface area contributed by atoms with Crippen LogP contribution in [0.3, 0.4) is 0 Å². The molecule has 0 N–H and O–H groups in total. The minimum absolute atomic E-state index is 0.105. The lowest BCUT2D eigenvalue weighted by Gasteiger charge is -2.35. The van der Waals surface area contributed by atoms with E-state index in [-0.39, 0.29) is 17.7 Å². The van der Waals surface area contributed by atoms with E-state index < -0.39 is 0 Å². The van der Waals surface area contributed by atoms with Crippen LogP contribution in [0.15, 0.2) is 17.5 Å². The van der Waals surface area contributed by atoms with Crippen LogP contribution in [0.25, 0.3) is 0 Å². The Balaban J connectivity index is 1.28. The van der Waals surface area contributed by atoms with E-state index >= 15 is 0 Å². The molecule has 4 rings (SSSR count). The maximum absolute atomic E-state index is 12.7. The lowest BCUT2D eigenvalue weighted by atomic mass is 10.1. The Morgan fingerprint density at radius 3 is 2.65 bits per heavy atom. The highest BCUT2D eigenvalue weighted by molar-refractivity contribution is 7.09. The second-order valence-electron chi connectivity index (χ2n) is 6.86. The van der Waals surface area contributed by atoms with E-state index in [1.165, 1.54) is 4.88 Å². The van der Waals surface area contributed by atoms with Crippen molar-refractivity contribution < 1.29 is 9.59 Å². The number of carbonyl (C=O) groups excluding carboxylic acids is 2. The number of thiophene rings is 1. The topological polar surface area (TPSA) is 43.9 Å². The molecule has 1 unspecified atom stereocenters. The van der Waals surface area contributed by atoms with Gasteiger partial charge in [-0.15, -0.1) is 11.3 Å². The molecule has 1 aromatic heterocycles. The third-order valence-electron chi connectivity index (χ3n) is 5.14. The molecule has 23 heavy (non-hydrogen) atoms. The lowest BCUT2D eigenvalue weighted by Crippen LogP contribution is -2.50. The molecule has 3 fully saturated rings. The average molecular weight is 333 g/mol. The lowest BCUT2D eigenvalue weighted by molar-refractivity contribution is -0.137. The second-order valence-corrected chi connectivity index (χ2v) is 7.89. The standard InChI is InChI=1S/C17H23N3O2S/c21-16-10-13(11-20(16)14-3-4-14)17(22)19-7-5-18(6-8-19)12-15-2-1-9-23-15/h1-2,9,13-14H,3-8,10-12H2. The summed E-state index contributed by atoms with van der Waals surface area (Å²) < 4.78 is 0. The summed E-state index contributed by atoms with van der Waals surface area (Å²) in [6.07, 6.45) is 2.66. The molecule has 0 bridgehead atoms. The van der Waals surface area contributed by atoms with E-state index in [0.717, 1.165) is 45.6 Å². The highest BCUT2D eigenvalue weighted by atomic mass is 32.1. The molecule has 1 aliphatic carbocycles. The molecule has 2 amide bonds. The third kappa shape index (κ3) is 3.28. The third-order valence-corrected chi connectivity index (χ3v) is 6.00. The molecule has 124 valence electrons. The van der Waals surface area contributed by atoms with Gasteiger partial charge in [-0.25, -0.2) is 0 Å². The summed E-state index contributed by atoms with van der Waals surface area (Å²) in [5, 5.41) is 2.11. The van der Waals surface area contributed by atoms with Crippen LogP contribution in [0.4, 0.5) is 0 Å². The zero-order chi connectivity index (χ0) is 15.8. The van der Waals surface area contributed by atoms with E-state index in [4.69, 9.17) is 0 Å². The number of piperazine rings is 1. The van der Waals surface area contributed by atoms with Crippen LogP contribution in [0.1, 0.15) is 24.1 Å². The normalized spacial score (nSPS) is 26.1. The van der Waals surface area contributed by atoms with Crippen LogP contribution in [0.2, 0.25) is 0 Å². The number of hydrogen-bond donors (Lipinski definition) is 0. The highest BCUT2D eigenvalue weighted by Gasteiger charge is 2.43. The zero-order valence-electron chi connectivity index (χ0n) is 13.3. The van der Waals surface area contributed by atoms with Gasteiger partial charge in [0.15, 0.2) is 0 Å². The van der Waals surface area contributed by atoms with Crippen molar-refractivity contribution >= 4 is 23.2 Å². The molecule has 0 radical (unpaired) electrons. The van der Waals surface area contributed by atoms with Crippen LogP contribution in [0.5, 0.6) is 0 Å². The molecule has 2 aliphatic heterocycles. The maximum Gasteiger partial charge on any atom is 0.228 e. The van der Waals surface area contributed by atoms with Gasteiger partial charge < -0.3 is 9.80 Å². The zero-order valence-corrected chi connectivity index (χ0v) is 14.1. The number of amides is 2. The van der Waals surface area contributed by atoms with E-state index in [2.05, 4.69) is 22.4 Å². The summed E-state index contributed by atoms with van der Waals surface area (Å²) in [6.45, 7) is 5.07. The Labute approximate surface area is 140 Å². The molecule has 1 saturated carbocycles. The van der Waals surface area contributed by atoms with Crippen LogP contribution in [-0.4, -0.2) is 65.3 Å². The van der Waals surface area contributed by atoms with Crippen LogP contribution >= 0.6 is 11.3 Å². The van der Waals surface area contributed by atoms with E-state index in [1.807, 2.05) is 9.80 Å². The fraction of sp³-hybridized carbons (Fsp3) is 0.647. The molecule has 1 aromatic rings. The van der Waals surface area contributed by atoms with Crippen molar-refractivity contribution in [2.24, 2.45) is 5.92 Å². The quantitative estimate of drug-likeness (QED) is 0.837. The van der Waals surface area contributed by atoms with Gasteiger partial charge >= 0.3 is 0 Å². The molecule has 3 heterocycles. The van der Waals surface area contributed by atoms with Crippen LogP contribution < -0.4 is 0 Å². The Bertz CT molecular complexity index is 577. The summed E-state index contributed by atoms with van der Waals surface area (Å²) in [5.74, 6) is 0.270. The predicted octanol–water partition coefficient (Wildman–Crippen LogP) is 1.40. The number of nitrogens with zero attached hydrogens (tertiary/aromatic N) is 3. The van der Waals surface area contributed by atoms with E-state index in [1.54, 1.807) is 11.3 Å². The van der Waals surface area contributed by atoms with Crippen molar-refractivity contribution in [1.29, 1.82) is 0 Å².